The molecule has 2 fully saturated rings. The number of nitrogens with one attached hydrogen (secondary N) is 3. The van der Waals surface area contributed by atoms with Crippen molar-refractivity contribution in [3.8, 4) is 0 Å². The van der Waals surface area contributed by atoms with Gasteiger partial charge in [-0.3, -0.25) is 19.3 Å². The summed E-state index contributed by atoms with van der Waals surface area (Å²) in [6.07, 6.45) is 7.07. The van der Waals surface area contributed by atoms with Crippen LogP contribution in [0.25, 0.3) is 6.08 Å². The molecule has 1 atom stereocenters. The summed E-state index contributed by atoms with van der Waals surface area (Å²) in [6.45, 7) is 4.71. The minimum absolute atomic E-state index is 0.218. The van der Waals surface area contributed by atoms with Gasteiger partial charge in [0.15, 0.2) is 0 Å². The van der Waals surface area contributed by atoms with Crippen LogP contribution in [-0.2, 0) is 25.5 Å². The molecule has 0 unspecified atom stereocenters. The van der Waals surface area contributed by atoms with E-state index in [-0.39, 0.29) is 17.7 Å². The fourth-order valence-electron chi connectivity index (χ4n) is 5.27. The van der Waals surface area contributed by atoms with E-state index in [1.54, 1.807) is 6.08 Å². The lowest BCUT2D eigenvalue weighted by molar-refractivity contribution is -0.135. The van der Waals surface area contributed by atoms with Gasteiger partial charge in [-0.25, -0.2) is 0 Å². The van der Waals surface area contributed by atoms with Gasteiger partial charge in [0.1, 0.15) is 11.6 Å². The van der Waals surface area contributed by atoms with E-state index in [2.05, 4.69) is 52.7 Å². The number of morpholine rings is 1. The Hall–Kier alpha value is -2.53. The summed E-state index contributed by atoms with van der Waals surface area (Å²) in [5, 5.41) is 9.00. The highest BCUT2D eigenvalue weighted by Gasteiger charge is 2.43. The lowest BCUT2D eigenvalue weighted by atomic mass is 9.94. The summed E-state index contributed by atoms with van der Waals surface area (Å²) < 4.78 is 7.21. The predicted molar refractivity (Wildman–Crippen MR) is 167 cm³/mol. The van der Waals surface area contributed by atoms with Crippen LogP contribution < -0.4 is 16.0 Å². The molecular formula is C31H38Br2N4O4. The number of amides is 3. The van der Waals surface area contributed by atoms with Gasteiger partial charge in [0.05, 0.1) is 13.2 Å². The van der Waals surface area contributed by atoms with Crippen LogP contribution in [-0.4, -0.2) is 73.6 Å². The Balaban J connectivity index is 1.39. The number of halogens is 2. The average molecular weight is 690 g/mol. The molecule has 3 N–H and O–H groups in total. The molecular weight excluding hydrogens is 652 g/mol. The first-order chi connectivity index (χ1) is 19.8. The Morgan fingerprint density at radius 3 is 2.44 bits per heavy atom. The highest BCUT2D eigenvalue weighted by Crippen LogP contribution is 2.30. The van der Waals surface area contributed by atoms with E-state index in [0.717, 1.165) is 72.2 Å². The molecule has 2 aliphatic rings. The number of carbonyl (C=O) groups is 3. The zero-order valence-electron chi connectivity index (χ0n) is 23.2. The molecule has 0 bridgehead atoms. The van der Waals surface area contributed by atoms with Crippen molar-refractivity contribution < 1.29 is 19.1 Å². The van der Waals surface area contributed by atoms with Crippen molar-refractivity contribution in [2.75, 3.05) is 39.4 Å². The lowest BCUT2D eigenvalue weighted by Gasteiger charge is -2.31. The first-order valence-corrected chi connectivity index (χ1v) is 15.8. The van der Waals surface area contributed by atoms with Crippen molar-refractivity contribution >= 4 is 55.7 Å². The first kappa shape index (κ1) is 31.4. The van der Waals surface area contributed by atoms with Crippen LogP contribution in [0.2, 0.25) is 0 Å². The summed E-state index contributed by atoms with van der Waals surface area (Å²) in [5.74, 6) is -0.870. The van der Waals surface area contributed by atoms with Gasteiger partial charge in [-0.1, -0.05) is 49.2 Å². The maximum absolute atomic E-state index is 13.7. The van der Waals surface area contributed by atoms with Crippen molar-refractivity contribution in [1.82, 2.24) is 20.9 Å². The van der Waals surface area contributed by atoms with E-state index in [0.29, 0.717) is 25.8 Å². The van der Waals surface area contributed by atoms with Crippen molar-refractivity contribution in [3.63, 3.8) is 0 Å². The van der Waals surface area contributed by atoms with E-state index in [9.17, 15) is 14.4 Å². The van der Waals surface area contributed by atoms with Gasteiger partial charge in [0.25, 0.3) is 0 Å². The SMILES string of the molecule is O=C(/C=C/c1ccc(Br)c(Br)c1)NC1(C(=O)N[C@H](Cc2ccccc2)C(=O)NCCCN2CCOCC2)CCCC1. The van der Waals surface area contributed by atoms with E-state index in [1.807, 2.05) is 48.5 Å². The Bertz CT molecular complexity index is 1210. The van der Waals surface area contributed by atoms with Gasteiger partial charge < -0.3 is 20.7 Å². The van der Waals surface area contributed by atoms with Crippen LogP contribution in [0.5, 0.6) is 0 Å². The van der Waals surface area contributed by atoms with E-state index in [4.69, 9.17) is 4.74 Å². The molecule has 41 heavy (non-hydrogen) atoms. The van der Waals surface area contributed by atoms with Gasteiger partial charge in [-0.05, 0) is 87.0 Å². The second kappa shape index (κ2) is 15.6. The molecule has 220 valence electrons. The van der Waals surface area contributed by atoms with E-state index in [1.165, 1.54) is 6.08 Å². The van der Waals surface area contributed by atoms with Crippen LogP contribution in [0.1, 0.15) is 43.2 Å². The number of carbonyl (C=O) groups excluding carboxylic acids is 3. The molecule has 0 aromatic heterocycles. The monoisotopic (exact) mass is 688 g/mol. The highest BCUT2D eigenvalue weighted by atomic mass is 79.9. The summed E-state index contributed by atoms with van der Waals surface area (Å²) in [4.78, 5) is 42.4. The molecule has 1 aliphatic carbocycles. The number of benzene rings is 2. The number of nitrogens with zero attached hydrogens (tertiary/aromatic N) is 1. The lowest BCUT2D eigenvalue weighted by Crippen LogP contribution is -2.61. The smallest absolute Gasteiger partial charge is 0.246 e. The minimum atomic E-state index is -1.05. The third-order valence-corrected chi connectivity index (χ3v) is 9.46. The molecule has 8 nitrogen and oxygen atoms in total. The quantitative estimate of drug-likeness (QED) is 0.229. The van der Waals surface area contributed by atoms with Gasteiger partial charge >= 0.3 is 0 Å². The van der Waals surface area contributed by atoms with Gasteiger partial charge in [0, 0.05) is 41.1 Å². The number of hydrogen-bond acceptors (Lipinski definition) is 5. The molecule has 1 saturated carbocycles. The van der Waals surface area contributed by atoms with E-state index >= 15 is 0 Å². The molecule has 1 aliphatic heterocycles. The molecule has 0 spiro atoms. The maximum Gasteiger partial charge on any atom is 0.246 e. The Kier molecular flexibility index (Phi) is 12.0. The van der Waals surface area contributed by atoms with Gasteiger partial charge in [0.2, 0.25) is 17.7 Å². The van der Waals surface area contributed by atoms with Crippen LogP contribution in [0.15, 0.2) is 63.6 Å². The average Bonchev–Trinajstić information content (AvgIpc) is 3.46. The molecule has 4 rings (SSSR count). The summed E-state index contributed by atoms with van der Waals surface area (Å²) in [7, 11) is 0. The normalized spacial score (nSPS) is 17.7. The van der Waals surface area contributed by atoms with Crippen molar-refractivity contribution in [1.29, 1.82) is 0 Å². The number of rotatable bonds is 12. The Morgan fingerprint density at radius 2 is 1.73 bits per heavy atom. The number of hydrogen-bond donors (Lipinski definition) is 3. The Labute approximate surface area is 258 Å². The van der Waals surface area contributed by atoms with Crippen molar-refractivity contribution in [2.24, 2.45) is 0 Å². The largest absolute Gasteiger partial charge is 0.379 e. The third kappa shape index (κ3) is 9.49. The van der Waals surface area contributed by atoms with Crippen molar-refractivity contribution in [2.45, 2.75) is 50.1 Å². The van der Waals surface area contributed by atoms with Crippen molar-refractivity contribution in [3.05, 3.63) is 74.7 Å². The first-order valence-electron chi connectivity index (χ1n) is 14.2. The van der Waals surface area contributed by atoms with Crippen LogP contribution in [0.4, 0.5) is 0 Å². The second-order valence-electron chi connectivity index (χ2n) is 10.6. The minimum Gasteiger partial charge on any atom is -0.379 e. The molecule has 0 radical (unpaired) electrons. The fourth-order valence-corrected chi connectivity index (χ4v) is 5.91. The van der Waals surface area contributed by atoms with Gasteiger partial charge in [-0.15, -0.1) is 0 Å². The van der Waals surface area contributed by atoms with E-state index < -0.39 is 11.6 Å². The third-order valence-electron chi connectivity index (χ3n) is 7.58. The molecule has 2 aromatic rings. The standard InChI is InChI=1S/C31H38Br2N4O4/c32-25-11-9-24(21-26(25)33)10-12-28(38)36-31(13-4-5-14-31)30(40)35-27(22-23-7-2-1-3-8-23)29(39)34-15-6-16-37-17-19-41-20-18-37/h1-3,7-12,21,27H,4-6,13-20,22H2,(H,34,39)(H,35,40)(H,36,38)/b12-10+/t27-/m1/s1. The molecule has 1 saturated heterocycles. The summed E-state index contributed by atoms with van der Waals surface area (Å²) >= 11 is 6.92. The zero-order chi connectivity index (χ0) is 29.1. The number of ether oxygens (including phenoxy) is 1. The highest BCUT2D eigenvalue weighted by molar-refractivity contribution is 9.13. The van der Waals surface area contributed by atoms with Crippen LogP contribution >= 0.6 is 31.9 Å². The molecule has 2 aromatic carbocycles. The second-order valence-corrected chi connectivity index (χ2v) is 12.3. The van der Waals surface area contributed by atoms with Crippen LogP contribution in [0.3, 0.4) is 0 Å². The summed E-state index contributed by atoms with van der Waals surface area (Å²) in [5.41, 5.74) is 0.760. The zero-order valence-corrected chi connectivity index (χ0v) is 26.3. The molecule has 10 heteroatoms. The topological polar surface area (TPSA) is 99.8 Å². The maximum atomic E-state index is 13.7. The van der Waals surface area contributed by atoms with Crippen LogP contribution in [0, 0.1) is 0 Å². The fraction of sp³-hybridized carbons (Fsp3) is 0.452. The van der Waals surface area contributed by atoms with Gasteiger partial charge in [-0.2, -0.15) is 0 Å². The summed E-state index contributed by atoms with van der Waals surface area (Å²) in [6, 6.07) is 14.6. The molecule has 3 amide bonds. The Morgan fingerprint density at radius 1 is 1.00 bits per heavy atom. The molecule has 1 heterocycles. The predicted octanol–water partition coefficient (Wildman–Crippen LogP) is 4.22.